The summed E-state index contributed by atoms with van der Waals surface area (Å²) in [6.07, 6.45) is -2.72. The van der Waals surface area contributed by atoms with E-state index in [0.29, 0.717) is 43.5 Å². The average molecular weight is 1110 g/mol. The molecule has 2 amide bonds. The number of piperidine rings is 2. The molecule has 0 saturated carbocycles. The summed E-state index contributed by atoms with van der Waals surface area (Å²) in [6, 6.07) is 32.6. The van der Waals surface area contributed by atoms with Gasteiger partial charge in [0.05, 0.1) is 41.2 Å². The second kappa shape index (κ2) is 26.9. The van der Waals surface area contributed by atoms with Crippen LogP contribution in [0.15, 0.2) is 146 Å². The Bertz CT molecular complexity index is 2710. The van der Waals surface area contributed by atoms with Crippen molar-refractivity contribution >= 4 is 27.7 Å². The molecule has 19 heteroatoms. The summed E-state index contributed by atoms with van der Waals surface area (Å²) in [7, 11) is 0. The molecule has 4 aromatic carbocycles. The van der Waals surface area contributed by atoms with Gasteiger partial charge in [0.25, 0.3) is 0 Å². The summed E-state index contributed by atoms with van der Waals surface area (Å²) in [4.78, 5) is 37.2. The Morgan fingerprint density at radius 3 is 1.40 bits per heavy atom. The number of halogens is 9. The lowest BCUT2D eigenvalue weighted by Crippen LogP contribution is -2.48. The van der Waals surface area contributed by atoms with Crippen molar-refractivity contribution in [1.82, 2.24) is 30.8 Å². The number of hydrogen-bond donors (Lipinski definition) is 3. The van der Waals surface area contributed by atoms with E-state index in [1.54, 1.807) is 42.7 Å². The predicted octanol–water partition coefficient (Wildman–Crippen LogP) is 11.9. The Kier molecular flexibility index (Phi) is 20.7. The fraction of sp³-hybridized carbons (Fsp3) is 0.357. The molecule has 0 radical (unpaired) electrons. The van der Waals surface area contributed by atoms with Gasteiger partial charge < -0.3 is 25.4 Å². The molecular weight excluding hydrogens is 1050 g/mol. The van der Waals surface area contributed by atoms with Crippen molar-refractivity contribution in [1.29, 1.82) is 0 Å². The second-order valence-electron chi connectivity index (χ2n) is 18.5. The topological polar surface area (TPSA) is 118 Å². The summed E-state index contributed by atoms with van der Waals surface area (Å²) < 4.78 is 114. The number of carbonyl (C=O) groups excluding carboxylic acids is 2. The normalized spacial score (nSPS) is 16.1. The molecule has 0 aliphatic carbocycles. The van der Waals surface area contributed by atoms with Crippen LogP contribution in [0, 0.1) is 22.5 Å². The molecule has 75 heavy (non-hydrogen) atoms. The smallest absolute Gasteiger partial charge is 0.419 e. The van der Waals surface area contributed by atoms with Crippen LogP contribution >= 0.6 is 15.9 Å². The highest BCUT2D eigenvalue weighted by Gasteiger charge is 2.40. The molecule has 10 nitrogen and oxygen atoms in total. The molecule has 0 bridgehead atoms. The Balaban J connectivity index is 0.000000205. The minimum atomic E-state index is -4.47. The third-order valence-electron chi connectivity index (χ3n) is 13.1. The van der Waals surface area contributed by atoms with E-state index in [-0.39, 0.29) is 54.2 Å². The number of carbonyl (C=O) groups is 2. The third-order valence-corrected chi connectivity index (χ3v) is 13.4. The first-order valence-corrected chi connectivity index (χ1v) is 25.4. The predicted molar refractivity (Wildman–Crippen MR) is 273 cm³/mol. The number of amides is 2. The molecule has 2 aromatic heterocycles. The van der Waals surface area contributed by atoms with E-state index in [1.807, 2.05) is 44.2 Å². The van der Waals surface area contributed by atoms with Crippen molar-refractivity contribution in [3.8, 4) is 11.5 Å². The Hall–Kier alpha value is -6.44. The fourth-order valence-corrected chi connectivity index (χ4v) is 8.62. The van der Waals surface area contributed by atoms with Gasteiger partial charge >= 0.3 is 12.4 Å². The first kappa shape index (κ1) is 57.8. The second-order valence-corrected chi connectivity index (χ2v) is 19.3. The maximum Gasteiger partial charge on any atom is 0.419 e. The zero-order chi connectivity index (χ0) is 54.1. The van der Waals surface area contributed by atoms with E-state index in [1.165, 1.54) is 60.7 Å². The summed E-state index contributed by atoms with van der Waals surface area (Å²) in [5.74, 6) is -1.07. The van der Waals surface area contributed by atoms with Gasteiger partial charge in [-0.2, -0.15) is 26.3 Å². The lowest BCUT2D eigenvalue weighted by Gasteiger charge is -2.39. The van der Waals surface area contributed by atoms with Gasteiger partial charge in [-0.05, 0) is 136 Å². The van der Waals surface area contributed by atoms with E-state index in [2.05, 4.69) is 46.7 Å². The van der Waals surface area contributed by atoms with Crippen LogP contribution in [0.4, 0.5) is 35.1 Å². The average Bonchev–Trinajstić information content (AvgIpc) is 3.40. The van der Waals surface area contributed by atoms with Crippen LogP contribution in [0.3, 0.4) is 0 Å². The van der Waals surface area contributed by atoms with Crippen molar-refractivity contribution in [2.45, 2.75) is 64.0 Å². The van der Waals surface area contributed by atoms with Gasteiger partial charge in [0.15, 0.2) is 0 Å². The van der Waals surface area contributed by atoms with Crippen molar-refractivity contribution in [3.05, 3.63) is 191 Å². The largest absolute Gasteiger partial charge is 0.492 e. The third kappa shape index (κ3) is 16.8. The maximum absolute atomic E-state index is 13.5. The number of rotatable bonds is 15. The SMILES string of the molecule is CC1(C(=O)NC(c2ccc(F)cc2)c2ccccn2)CCN(CCOc2ccccc2C(F)(F)F)CC1.CC1(C(=O)NC(c2ccc(F)cc2)c2ccccn2)CCNCC1.FC(F)(F)c1ccccc1OCCBr. The van der Waals surface area contributed by atoms with Gasteiger partial charge in [-0.1, -0.05) is 90.4 Å². The molecular formula is C56H59BrF8N6O4. The van der Waals surface area contributed by atoms with Gasteiger partial charge in [0.2, 0.25) is 11.8 Å². The lowest BCUT2D eigenvalue weighted by atomic mass is 9.79. The minimum absolute atomic E-state index is 0.0176. The molecule has 8 rings (SSSR count). The van der Waals surface area contributed by atoms with Gasteiger partial charge in [0.1, 0.15) is 29.7 Å². The van der Waals surface area contributed by atoms with Crippen LogP contribution in [-0.2, 0) is 21.9 Å². The maximum atomic E-state index is 13.5. The first-order chi connectivity index (χ1) is 35.8. The fourth-order valence-electron chi connectivity index (χ4n) is 8.46. The van der Waals surface area contributed by atoms with Crippen LogP contribution in [0.5, 0.6) is 11.5 Å². The van der Waals surface area contributed by atoms with Crippen LogP contribution in [-0.4, -0.2) is 77.9 Å². The molecule has 4 heterocycles. The number of nitrogens with one attached hydrogen (secondary N) is 3. The number of alkyl halides is 7. The van der Waals surface area contributed by atoms with Crippen LogP contribution < -0.4 is 25.4 Å². The summed E-state index contributed by atoms with van der Waals surface area (Å²) in [5, 5.41) is 10.0. The summed E-state index contributed by atoms with van der Waals surface area (Å²) in [6.45, 7) is 7.60. The van der Waals surface area contributed by atoms with Gasteiger partial charge in [-0.3, -0.25) is 24.5 Å². The zero-order valence-corrected chi connectivity index (χ0v) is 43.0. The molecule has 2 saturated heterocycles. The number of likely N-dealkylation sites (tertiary alicyclic amines) is 1. The highest BCUT2D eigenvalue weighted by molar-refractivity contribution is 9.09. The number of ether oxygens (including phenoxy) is 2. The van der Waals surface area contributed by atoms with Crippen molar-refractivity contribution < 1.29 is 54.2 Å². The van der Waals surface area contributed by atoms with E-state index in [9.17, 15) is 44.7 Å². The monoisotopic (exact) mass is 1110 g/mol. The quantitative estimate of drug-likeness (QED) is 0.0688. The van der Waals surface area contributed by atoms with Crippen molar-refractivity contribution in [3.63, 3.8) is 0 Å². The highest BCUT2D eigenvalue weighted by atomic mass is 79.9. The zero-order valence-electron chi connectivity index (χ0n) is 41.4. The van der Waals surface area contributed by atoms with Crippen molar-refractivity contribution in [2.24, 2.45) is 10.8 Å². The van der Waals surface area contributed by atoms with Crippen molar-refractivity contribution in [2.75, 3.05) is 51.3 Å². The van der Waals surface area contributed by atoms with Gasteiger partial charge in [0, 0.05) is 35.1 Å². The summed E-state index contributed by atoms with van der Waals surface area (Å²) in [5.41, 5.74) is 0.398. The van der Waals surface area contributed by atoms with E-state index < -0.39 is 40.4 Å². The summed E-state index contributed by atoms with van der Waals surface area (Å²) >= 11 is 3.08. The number of para-hydroxylation sites is 2. The lowest BCUT2D eigenvalue weighted by molar-refractivity contribution is -0.139. The Labute approximate surface area is 439 Å². The first-order valence-electron chi connectivity index (χ1n) is 24.3. The Morgan fingerprint density at radius 2 is 1.00 bits per heavy atom. The molecule has 3 N–H and O–H groups in total. The number of benzene rings is 4. The number of aromatic nitrogens is 2. The molecule has 2 aliphatic heterocycles. The molecule has 2 atom stereocenters. The highest BCUT2D eigenvalue weighted by Crippen LogP contribution is 2.38. The number of nitrogens with zero attached hydrogens (tertiary/aromatic N) is 3. The molecule has 0 spiro atoms. The molecule has 6 aromatic rings. The van der Waals surface area contributed by atoms with Gasteiger partial charge in [-0.15, -0.1) is 0 Å². The standard InChI is InChI=1S/C28H29F4N3O2.C19H22FN3O.C9H8BrF3O/c1-27(26(36)34-25(23-7-4-5-15-33-23)20-9-11-21(29)12-10-20)13-16-35(17-14-27)18-19-37-24-8-3-2-6-22(24)28(30,31)32;1-19(9-12-21-13-10-19)18(24)23-17(16-4-2-3-11-22-16)14-5-7-15(20)8-6-14;10-5-6-14-8-4-2-1-3-7(8)9(11,12)13/h2-12,15,25H,13-14,16-19H2,1H3,(H,34,36);2-8,11,17,21H,9-10,12-13H2,1H3,(H,23,24);1-4H,5-6H2. The van der Waals surface area contributed by atoms with Gasteiger partial charge in [-0.25, -0.2) is 8.78 Å². The van der Waals surface area contributed by atoms with E-state index >= 15 is 0 Å². The van der Waals surface area contributed by atoms with Crippen LogP contribution in [0.1, 0.15) is 85.3 Å². The molecule has 2 fully saturated rings. The van der Waals surface area contributed by atoms with Crippen LogP contribution in [0.2, 0.25) is 0 Å². The molecule has 400 valence electrons. The minimum Gasteiger partial charge on any atom is -0.492 e. The number of pyridine rings is 2. The Morgan fingerprint density at radius 1 is 0.600 bits per heavy atom. The van der Waals surface area contributed by atoms with E-state index in [0.717, 1.165) is 54.9 Å². The number of hydrogen-bond acceptors (Lipinski definition) is 8. The van der Waals surface area contributed by atoms with E-state index in [4.69, 9.17) is 9.47 Å². The van der Waals surface area contributed by atoms with Crippen LogP contribution in [0.25, 0.3) is 0 Å². The molecule has 2 aliphatic rings. The molecule has 2 unspecified atom stereocenters.